The Morgan fingerprint density at radius 3 is 2.38 bits per heavy atom. The summed E-state index contributed by atoms with van der Waals surface area (Å²) in [5, 5.41) is 0. The van der Waals surface area contributed by atoms with Crippen LogP contribution in [0, 0.1) is 11.8 Å². The van der Waals surface area contributed by atoms with Crippen LogP contribution in [0.2, 0.25) is 0 Å². The van der Waals surface area contributed by atoms with Crippen LogP contribution in [0.25, 0.3) is 0 Å². The van der Waals surface area contributed by atoms with E-state index >= 15 is 0 Å². The van der Waals surface area contributed by atoms with Crippen molar-refractivity contribution in [2.24, 2.45) is 17.6 Å². The van der Waals surface area contributed by atoms with E-state index in [9.17, 15) is 4.79 Å². The summed E-state index contributed by atoms with van der Waals surface area (Å²) in [4.78, 5) is 14.9. The van der Waals surface area contributed by atoms with Gasteiger partial charge in [0.25, 0.3) is 0 Å². The number of hydrogen-bond donors (Lipinski definition) is 1. The second-order valence-corrected chi connectivity index (χ2v) is 8.31. The van der Waals surface area contributed by atoms with E-state index in [-0.39, 0.29) is 24.4 Å². The lowest BCUT2D eigenvalue weighted by Crippen LogP contribution is -2.43. The van der Waals surface area contributed by atoms with Crippen LogP contribution in [0.1, 0.15) is 43.2 Å². The largest absolute Gasteiger partial charge is 0.489 e. The zero-order valence-electron chi connectivity index (χ0n) is 17.0. The number of nitrogens with two attached hydrogens (primary N) is 1. The summed E-state index contributed by atoms with van der Waals surface area (Å²) in [5.74, 6) is 2.28. The van der Waals surface area contributed by atoms with Crippen molar-refractivity contribution in [1.82, 2.24) is 4.90 Å². The molecule has 2 aromatic rings. The summed E-state index contributed by atoms with van der Waals surface area (Å²) >= 11 is 0. The van der Waals surface area contributed by atoms with Gasteiger partial charge >= 0.3 is 0 Å². The van der Waals surface area contributed by atoms with Gasteiger partial charge in [0.05, 0.1) is 0 Å². The number of carbonyl (C=O) groups excluding carboxylic acids is 1. The van der Waals surface area contributed by atoms with Gasteiger partial charge in [-0.15, -0.1) is 12.4 Å². The van der Waals surface area contributed by atoms with Crippen molar-refractivity contribution in [2.45, 2.75) is 44.8 Å². The fraction of sp³-hybridized carbons (Fsp3) is 0.458. The molecule has 156 valence electrons. The SMILES string of the molecule is CC(N)C1CCN(C(=O)C2CC2c2ccc(OCc3ccccc3)cc2)CC1.Cl. The average molecular weight is 415 g/mol. The minimum absolute atomic E-state index is 0. The van der Waals surface area contributed by atoms with Crippen molar-refractivity contribution < 1.29 is 9.53 Å². The van der Waals surface area contributed by atoms with Crippen molar-refractivity contribution in [2.75, 3.05) is 13.1 Å². The predicted molar refractivity (Wildman–Crippen MR) is 118 cm³/mol. The lowest BCUT2D eigenvalue weighted by atomic mass is 9.91. The summed E-state index contributed by atoms with van der Waals surface area (Å²) in [6, 6.07) is 18.7. The quantitative estimate of drug-likeness (QED) is 0.763. The molecule has 1 aliphatic heterocycles. The standard InChI is InChI=1S/C24H30N2O2.ClH/c1-17(25)19-11-13-26(14-12-19)24(27)23-15-22(23)20-7-9-21(10-8-20)28-16-18-5-3-2-4-6-18;/h2-10,17,19,22-23H,11-16,25H2,1H3;1H. The maximum Gasteiger partial charge on any atom is 0.226 e. The van der Waals surface area contributed by atoms with Gasteiger partial charge in [0.2, 0.25) is 5.91 Å². The van der Waals surface area contributed by atoms with E-state index in [1.807, 2.05) is 30.3 Å². The van der Waals surface area contributed by atoms with E-state index in [1.54, 1.807) is 0 Å². The van der Waals surface area contributed by atoms with E-state index in [1.165, 1.54) is 5.56 Å². The highest BCUT2D eigenvalue weighted by Crippen LogP contribution is 2.49. The summed E-state index contributed by atoms with van der Waals surface area (Å²) < 4.78 is 5.86. The second kappa shape index (κ2) is 9.64. The molecular weight excluding hydrogens is 384 g/mol. The molecule has 2 aromatic carbocycles. The molecule has 1 saturated heterocycles. The average Bonchev–Trinajstić information content (AvgIpc) is 3.54. The van der Waals surface area contributed by atoms with Crippen molar-refractivity contribution in [3.8, 4) is 5.75 Å². The molecule has 3 atom stereocenters. The molecule has 29 heavy (non-hydrogen) atoms. The summed E-state index contributed by atoms with van der Waals surface area (Å²) in [5.41, 5.74) is 8.42. The summed E-state index contributed by atoms with van der Waals surface area (Å²) in [7, 11) is 0. The smallest absolute Gasteiger partial charge is 0.226 e. The van der Waals surface area contributed by atoms with Gasteiger partial charge in [-0.3, -0.25) is 4.79 Å². The van der Waals surface area contributed by atoms with Gasteiger partial charge in [0.1, 0.15) is 12.4 Å². The molecule has 5 heteroatoms. The maximum atomic E-state index is 12.8. The van der Waals surface area contributed by atoms with Crippen molar-refractivity contribution in [3.05, 3.63) is 65.7 Å². The molecule has 2 fully saturated rings. The molecular formula is C24H31ClN2O2. The molecule has 2 N–H and O–H groups in total. The van der Waals surface area contributed by atoms with Crippen LogP contribution in [0.3, 0.4) is 0 Å². The molecule has 0 aromatic heterocycles. The van der Waals surface area contributed by atoms with Crippen LogP contribution in [-0.4, -0.2) is 29.9 Å². The number of amides is 1. The third-order valence-corrected chi connectivity index (χ3v) is 6.26. The number of benzene rings is 2. The number of piperidine rings is 1. The number of ether oxygens (including phenoxy) is 1. The fourth-order valence-corrected chi connectivity index (χ4v) is 4.27. The number of halogens is 1. The zero-order chi connectivity index (χ0) is 19.5. The molecule has 0 spiro atoms. The first-order valence-electron chi connectivity index (χ1n) is 10.4. The lowest BCUT2D eigenvalue weighted by molar-refractivity contribution is -0.134. The number of rotatable bonds is 6. The van der Waals surface area contributed by atoms with Crippen molar-refractivity contribution >= 4 is 18.3 Å². The zero-order valence-corrected chi connectivity index (χ0v) is 17.8. The number of carbonyl (C=O) groups is 1. The van der Waals surface area contributed by atoms with Crippen LogP contribution in [-0.2, 0) is 11.4 Å². The first kappa shape index (κ1) is 21.7. The topological polar surface area (TPSA) is 55.6 Å². The third-order valence-electron chi connectivity index (χ3n) is 6.26. The van der Waals surface area contributed by atoms with Crippen LogP contribution in [0.15, 0.2) is 54.6 Å². The molecule has 4 nitrogen and oxygen atoms in total. The monoisotopic (exact) mass is 414 g/mol. The molecule has 4 rings (SSSR count). The Morgan fingerprint density at radius 2 is 1.76 bits per heavy atom. The molecule has 1 amide bonds. The van der Waals surface area contributed by atoms with E-state index in [2.05, 4.69) is 36.1 Å². The lowest BCUT2D eigenvalue weighted by Gasteiger charge is -2.34. The molecule has 2 aliphatic rings. The first-order chi connectivity index (χ1) is 13.6. The molecule has 3 unspecified atom stereocenters. The second-order valence-electron chi connectivity index (χ2n) is 8.31. The van der Waals surface area contributed by atoms with Gasteiger partial charge in [0.15, 0.2) is 0 Å². The Labute approximate surface area is 179 Å². The number of likely N-dealkylation sites (tertiary alicyclic amines) is 1. The molecule has 0 bridgehead atoms. The Morgan fingerprint density at radius 1 is 1.10 bits per heavy atom. The van der Waals surface area contributed by atoms with Crippen molar-refractivity contribution in [1.29, 1.82) is 0 Å². The first-order valence-corrected chi connectivity index (χ1v) is 10.4. The Bertz CT molecular complexity index is 786. The van der Waals surface area contributed by atoms with E-state index in [4.69, 9.17) is 10.5 Å². The van der Waals surface area contributed by atoms with Gasteiger partial charge in [-0.25, -0.2) is 0 Å². The van der Waals surface area contributed by atoms with Crippen molar-refractivity contribution in [3.63, 3.8) is 0 Å². The molecule has 1 aliphatic carbocycles. The van der Waals surface area contributed by atoms with Gasteiger partial charge in [0, 0.05) is 25.0 Å². The molecule has 1 heterocycles. The van der Waals surface area contributed by atoms with Gasteiger partial charge in [-0.1, -0.05) is 42.5 Å². The minimum atomic E-state index is 0. The Kier molecular flexibility index (Phi) is 7.20. The molecule has 0 radical (unpaired) electrons. The fourth-order valence-electron chi connectivity index (χ4n) is 4.27. The van der Waals surface area contributed by atoms with E-state index in [0.29, 0.717) is 24.3 Å². The van der Waals surface area contributed by atoms with Gasteiger partial charge in [-0.05, 0) is 61.3 Å². The number of nitrogens with zero attached hydrogens (tertiary/aromatic N) is 1. The van der Waals surface area contributed by atoms with Crippen LogP contribution < -0.4 is 10.5 Å². The highest BCUT2D eigenvalue weighted by atomic mass is 35.5. The Hall–Kier alpha value is -2.04. The van der Waals surface area contributed by atoms with Gasteiger partial charge < -0.3 is 15.4 Å². The van der Waals surface area contributed by atoms with E-state index in [0.717, 1.165) is 43.7 Å². The molecule has 1 saturated carbocycles. The van der Waals surface area contributed by atoms with Gasteiger partial charge in [-0.2, -0.15) is 0 Å². The van der Waals surface area contributed by atoms with Crippen LogP contribution in [0.5, 0.6) is 5.75 Å². The Balaban J connectivity index is 0.00000240. The summed E-state index contributed by atoms with van der Waals surface area (Å²) in [6.07, 6.45) is 3.04. The predicted octanol–water partition coefficient (Wildman–Crippen LogP) is 4.38. The maximum absolute atomic E-state index is 12.8. The minimum Gasteiger partial charge on any atom is -0.489 e. The summed E-state index contributed by atoms with van der Waals surface area (Å²) in [6.45, 7) is 4.37. The highest BCUT2D eigenvalue weighted by Gasteiger charge is 2.46. The number of hydrogen-bond acceptors (Lipinski definition) is 3. The highest BCUT2D eigenvalue weighted by molar-refractivity contribution is 5.85. The van der Waals surface area contributed by atoms with Crippen LogP contribution in [0.4, 0.5) is 0 Å². The van der Waals surface area contributed by atoms with Crippen LogP contribution >= 0.6 is 12.4 Å². The third kappa shape index (κ3) is 5.31. The van der Waals surface area contributed by atoms with E-state index < -0.39 is 0 Å². The normalized spacial score (nSPS) is 22.5.